The molecule has 12 heteroatoms. The first-order valence-corrected chi connectivity index (χ1v) is 8.95. The molecule has 0 bridgehead atoms. The smallest absolute Gasteiger partial charge is 0.495 e. The largest absolute Gasteiger partial charge is 0.501 e. The lowest BCUT2D eigenvalue weighted by Crippen LogP contribution is -2.23. The summed E-state index contributed by atoms with van der Waals surface area (Å²) in [7, 11) is -2.93. The molecule has 1 heterocycles. The van der Waals surface area contributed by atoms with Gasteiger partial charge in [0.1, 0.15) is 16.6 Å². The molecule has 0 spiro atoms. The van der Waals surface area contributed by atoms with Crippen LogP contribution in [0.5, 0.6) is 5.75 Å². The second-order valence-electron chi connectivity index (χ2n) is 4.99. The molecule has 1 N–H and O–H groups in total. The van der Waals surface area contributed by atoms with Gasteiger partial charge in [-0.2, -0.15) is 13.2 Å². The average molecular weight is 431 g/mol. The third kappa shape index (κ3) is 3.62. The van der Waals surface area contributed by atoms with Crippen molar-refractivity contribution < 1.29 is 31.1 Å². The Labute approximate surface area is 156 Å². The molecule has 2 rings (SSSR count). The number of sulfone groups is 1. The number of alkyl halides is 3. The van der Waals surface area contributed by atoms with E-state index in [1.165, 1.54) is 24.8 Å². The minimum absolute atomic E-state index is 0.00568. The maximum absolute atomic E-state index is 12.7. The summed E-state index contributed by atoms with van der Waals surface area (Å²) in [5, 5.41) is 2.47. The Morgan fingerprint density at radius 3 is 2.31 bits per heavy atom. The van der Waals surface area contributed by atoms with Crippen molar-refractivity contribution in [3.63, 3.8) is 0 Å². The molecule has 0 atom stereocenters. The molecule has 0 saturated carbocycles. The van der Waals surface area contributed by atoms with Crippen molar-refractivity contribution in [3.8, 4) is 5.75 Å². The van der Waals surface area contributed by atoms with Crippen LogP contribution < -0.4 is 10.1 Å². The number of anilines is 1. The first-order chi connectivity index (χ1) is 11.9. The van der Waals surface area contributed by atoms with E-state index in [2.05, 4.69) is 5.32 Å². The van der Waals surface area contributed by atoms with Crippen LogP contribution in [0.25, 0.3) is 0 Å². The van der Waals surface area contributed by atoms with E-state index in [1.807, 2.05) is 0 Å². The number of carbonyl (C=O) groups is 1. The second-order valence-corrected chi connectivity index (χ2v) is 7.70. The number of halogens is 5. The van der Waals surface area contributed by atoms with Crippen LogP contribution in [0.15, 0.2) is 29.2 Å². The monoisotopic (exact) mass is 430 g/mol. The molecule has 2 aromatic rings. The summed E-state index contributed by atoms with van der Waals surface area (Å²) in [4.78, 5) is 11.3. The molecule has 0 unspecified atom stereocenters. The molecule has 1 aromatic heterocycles. The summed E-state index contributed by atoms with van der Waals surface area (Å²) >= 11 is 11.7. The molecular formula is C14H11Cl2F3N2O4S. The fourth-order valence-corrected chi connectivity index (χ4v) is 3.20. The Morgan fingerprint density at radius 2 is 1.85 bits per heavy atom. The Morgan fingerprint density at radius 1 is 1.23 bits per heavy atom. The van der Waals surface area contributed by atoms with Crippen LogP contribution in [-0.4, -0.2) is 31.5 Å². The lowest BCUT2D eigenvalue weighted by Gasteiger charge is -2.14. The van der Waals surface area contributed by atoms with Crippen molar-refractivity contribution in [2.24, 2.45) is 7.05 Å². The first kappa shape index (κ1) is 20.4. The maximum Gasteiger partial charge on any atom is 0.501 e. The second kappa shape index (κ2) is 7.01. The van der Waals surface area contributed by atoms with Gasteiger partial charge in [-0.3, -0.25) is 4.79 Å². The lowest BCUT2D eigenvalue weighted by molar-refractivity contribution is -0.0436. The number of nitrogens with one attached hydrogen (secondary N) is 1. The number of aromatic nitrogens is 1. The van der Waals surface area contributed by atoms with E-state index in [1.54, 1.807) is 0 Å². The Balaban J connectivity index is 2.47. The van der Waals surface area contributed by atoms with Crippen LogP contribution >= 0.6 is 23.2 Å². The van der Waals surface area contributed by atoms with Gasteiger partial charge in [-0.05, 0) is 24.3 Å². The predicted molar refractivity (Wildman–Crippen MR) is 89.6 cm³/mol. The number of hydrogen-bond acceptors (Lipinski definition) is 4. The van der Waals surface area contributed by atoms with Crippen LogP contribution in [0.1, 0.15) is 10.5 Å². The van der Waals surface area contributed by atoms with Gasteiger partial charge in [-0.25, -0.2) is 8.42 Å². The highest BCUT2D eigenvalue weighted by molar-refractivity contribution is 7.92. The lowest BCUT2D eigenvalue weighted by atomic mass is 10.2. The summed E-state index contributed by atoms with van der Waals surface area (Å²) in [5.41, 5.74) is -5.75. The number of carbonyl (C=O) groups excluding carboxylic acids is 1. The Bertz CT molecular complexity index is 971. The van der Waals surface area contributed by atoms with Gasteiger partial charge >= 0.3 is 5.51 Å². The fraction of sp³-hybridized carbons (Fsp3) is 0.214. The van der Waals surface area contributed by atoms with E-state index in [4.69, 9.17) is 27.9 Å². The van der Waals surface area contributed by atoms with Crippen molar-refractivity contribution >= 4 is 44.6 Å². The van der Waals surface area contributed by atoms with Crippen molar-refractivity contribution in [1.29, 1.82) is 0 Å². The topological polar surface area (TPSA) is 77.4 Å². The number of hydrogen-bond donors (Lipinski definition) is 1. The van der Waals surface area contributed by atoms with Gasteiger partial charge in [0, 0.05) is 7.05 Å². The van der Waals surface area contributed by atoms with E-state index < -0.39 is 26.1 Å². The molecule has 0 radical (unpaired) electrons. The third-order valence-electron chi connectivity index (χ3n) is 3.38. The van der Waals surface area contributed by atoms with Crippen molar-refractivity contribution in [3.05, 3.63) is 40.1 Å². The van der Waals surface area contributed by atoms with E-state index in [-0.39, 0.29) is 27.3 Å². The highest BCUT2D eigenvalue weighted by Crippen LogP contribution is 2.35. The summed E-state index contributed by atoms with van der Waals surface area (Å²) in [6, 6.07) is 3.64. The maximum atomic E-state index is 12.7. The number of nitrogens with zero attached hydrogens (tertiary/aromatic N) is 1. The van der Waals surface area contributed by atoms with E-state index in [9.17, 15) is 26.4 Å². The van der Waals surface area contributed by atoms with Crippen molar-refractivity contribution in [1.82, 2.24) is 4.57 Å². The zero-order chi connectivity index (χ0) is 19.9. The standard InChI is InChI=1S/C14H11Cl2F3N2O4S/c1-21-10(6-8(15)12(21)16)13(22)20-9-5-7(3-4-11(9)25-2)26(23,24)14(17,18)19/h3-6H,1-2H3,(H,20,22). The van der Waals surface area contributed by atoms with Crippen molar-refractivity contribution in [2.45, 2.75) is 10.4 Å². The summed E-state index contributed by atoms with van der Waals surface area (Å²) in [5.74, 6) is -0.813. The molecule has 0 aliphatic rings. The minimum atomic E-state index is -5.59. The van der Waals surface area contributed by atoms with Crippen LogP contribution in [0, 0.1) is 0 Å². The Kier molecular flexibility index (Phi) is 5.50. The fourth-order valence-electron chi connectivity index (χ4n) is 2.03. The van der Waals surface area contributed by atoms with Gasteiger partial charge < -0.3 is 14.6 Å². The summed E-state index contributed by atoms with van der Waals surface area (Å²) in [6.07, 6.45) is 0. The number of amides is 1. The molecular weight excluding hydrogens is 420 g/mol. The van der Waals surface area contributed by atoms with Gasteiger partial charge in [-0.1, -0.05) is 23.2 Å². The van der Waals surface area contributed by atoms with Gasteiger partial charge in [0.2, 0.25) is 0 Å². The molecule has 6 nitrogen and oxygen atoms in total. The predicted octanol–water partition coefficient (Wildman–Crippen LogP) is 3.89. The zero-order valence-corrected chi connectivity index (χ0v) is 15.5. The van der Waals surface area contributed by atoms with Gasteiger partial charge in [0.25, 0.3) is 15.7 Å². The molecule has 1 amide bonds. The summed E-state index contributed by atoms with van der Waals surface area (Å²) in [6.45, 7) is 0. The Hall–Kier alpha value is -1.91. The minimum Gasteiger partial charge on any atom is -0.495 e. The van der Waals surface area contributed by atoms with Crippen molar-refractivity contribution in [2.75, 3.05) is 12.4 Å². The third-order valence-corrected chi connectivity index (χ3v) is 5.71. The molecule has 142 valence electrons. The molecule has 0 fully saturated rings. The van der Waals surface area contributed by atoms with Crippen LogP contribution in [0.2, 0.25) is 10.2 Å². The highest BCUT2D eigenvalue weighted by Gasteiger charge is 2.47. The van der Waals surface area contributed by atoms with Crippen LogP contribution in [0.4, 0.5) is 18.9 Å². The van der Waals surface area contributed by atoms with Crippen LogP contribution in [0.3, 0.4) is 0 Å². The van der Waals surface area contributed by atoms with E-state index >= 15 is 0 Å². The number of ether oxygens (including phenoxy) is 1. The number of benzene rings is 1. The first-order valence-electron chi connectivity index (χ1n) is 6.71. The summed E-state index contributed by atoms with van der Waals surface area (Å²) < 4.78 is 67.5. The SMILES string of the molecule is COc1ccc(S(=O)(=O)C(F)(F)F)cc1NC(=O)c1cc(Cl)c(Cl)n1C. The highest BCUT2D eigenvalue weighted by atomic mass is 35.5. The molecule has 0 saturated heterocycles. The molecule has 1 aromatic carbocycles. The molecule has 0 aliphatic heterocycles. The number of methoxy groups -OCH3 is 1. The normalized spacial score (nSPS) is 12.1. The molecule has 0 aliphatic carbocycles. The van der Waals surface area contributed by atoms with Crippen LogP contribution in [-0.2, 0) is 16.9 Å². The average Bonchev–Trinajstić information content (AvgIpc) is 2.81. The van der Waals surface area contributed by atoms with E-state index in [0.717, 1.165) is 12.1 Å². The molecule has 26 heavy (non-hydrogen) atoms. The quantitative estimate of drug-likeness (QED) is 0.797. The zero-order valence-electron chi connectivity index (χ0n) is 13.2. The number of rotatable bonds is 4. The van der Waals surface area contributed by atoms with E-state index in [0.29, 0.717) is 6.07 Å². The van der Waals surface area contributed by atoms with Gasteiger partial charge in [0.15, 0.2) is 0 Å². The van der Waals surface area contributed by atoms with Gasteiger partial charge in [0.05, 0.1) is 22.7 Å². The van der Waals surface area contributed by atoms with Gasteiger partial charge in [-0.15, -0.1) is 0 Å².